The molecule has 4 aromatic rings. The summed E-state index contributed by atoms with van der Waals surface area (Å²) in [4.78, 5) is 24.2. The van der Waals surface area contributed by atoms with Crippen molar-refractivity contribution in [1.29, 1.82) is 0 Å². The largest absolute Gasteiger partial charge is 0.495 e. The van der Waals surface area contributed by atoms with Crippen molar-refractivity contribution in [3.63, 3.8) is 0 Å². The molecule has 0 fully saturated rings. The van der Waals surface area contributed by atoms with Crippen LogP contribution >= 0.6 is 23.2 Å². The van der Waals surface area contributed by atoms with Crippen LogP contribution < -0.4 is 14.8 Å². The molecule has 1 aromatic heterocycles. The lowest BCUT2D eigenvalue weighted by molar-refractivity contribution is -0.149. The van der Waals surface area contributed by atoms with Gasteiger partial charge in [0.1, 0.15) is 22.7 Å². The molecule has 1 N–H and O–H groups in total. The Balaban J connectivity index is 1.38. The van der Waals surface area contributed by atoms with Gasteiger partial charge in [-0.05, 0) is 30.3 Å². The van der Waals surface area contributed by atoms with E-state index < -0.39 is 25.1 Å². The number of benzene rings is 3. The maximum atomic E-state index is 12.3. The number of halogens is 2. The van der Waals surface area contributed by atoms with Gasteiger partial charge in [0.25, 0.3) is 5.91 Å². The molecule has 164 valence electrons. The van der Waals surface area contributed by atoms with E-state index in [1.165, 1.54) is 19.2 Å². The van der Waals surface area contributed by atoms with E-state index >= 15 is 0 Å². The predicted molar refractivity (Wildman–Crippen MR) is 122 cm³/mol. The highest BCUT2D eigenvalue weighted by Crippen LogP contribution is 2.36. The zero-order chi connectivity index (χ0) is 22.7. The van der Waals surface area contributed by atoms with Crippen LogP contribution in [0.25, 0.3) is 21.9 Å². The van der Waals surface area contributed by atoms with Crippen molar-refractivity contribution < 1.29 is 28.2 Å². The summed E-state index contributed by atoms with van der Waals surface area (Å²) in [5, 5.41) is 5.17. The molecular weight excluding hydrogens is 457 g/mol. The van der Waals surface area contributed by atoms with Crippen molar-refractivity contribution in [2.45, 2.75) is 0 Å². The molecule has 0 radical (unpaired) electrons. The first-order chi connectivity index (χ1) is 15.4. The van der Waals surface area contributed by atoms with Gasteiger partial charge < -0.3 is 23.9 Å². The van der Waals surface area contributed by atoms with Gasteiger partial charge in [-0.2, -0.15) is 0 Å². The number of nitrogens with one attached hydrogen (secondary N) is 1. The lowest BCUT2D eigenvalue weighted by Gasteiger charge is -2.11. The molecule has 0 saturated heterocycles. The van der Waals surface area contributed by atoms with Crippen molar-refractivity contribution in [2.24, 2.45) is 0 Å². The number of esters is 1. The average Bonchev–Trinajstić information content (AvgIpc) is 3.13. The maximum Gasteiger partial charge on any atom is 0.344 e. The molecule has 0 bridgehead atoms. The van der Waals surface area contributed by atoms with E-state index in [2.05, 4.69) is 5.32 Å². The van der Waals surface area contributed by atoms with E-state index in [9.17, 15) is 9.59 Å². The molecule has 1 heterocycles. The van der Waals surface area contributed by atoms with E-state index in [4.69, 9.17) is 41.8 Å². The van der Waals surface area contributed by atoms with Gasteiger partial charge in [0.05, 0.1) is 17.8 Å². The van der Waals surface area contributed by atoms with Gasteiger partial charge in [0, 0.05) is 21.9 Å². The van der Waals surface area contributed by atoms with Crippen LogP contribution in [-0.4, -0.2) is 32.2 Å². The van der Waals surface area contributed by atoms with E-state index in [1.54, 1.807) is 18.2 Å². The molecule has 3 aromatic carbocycles. The number of anilines is 1. The molecule has 0 aliphatic rings. The highest BCUT2D eigenvalue weighted by Gasteiger charge is 2.15. The van der Waals surface area contributed by atoms with Crippen LogP contribution in [-0.2, 0) is 14.3 Å². The third kappa shape index (κ3) is 4.74. The van der Waals surface area contributed by atoms with E-state index in [0.717, 1.165) is 16.4 Å². The molecule has 0 aliphatic carbocycles. The van der Waals surface area contributed by atoms with Crippen LogP contribution in [0.3, 0.4) is 0 Å². The van der Waals surface area contributed by atoms with Crippen molar-refractivity contribution in [3.8, 4) is 11.5 Å². The molecule has 0 saturated carbocycles. The summed E-state index contributed by atoms with van der Waals surface area (Å²) in [5.41, 5.74) is 1.71. The fourth-order valence-electron chi connectivity index (χ4n) is 3.12. The molecule has 0 atom stereocenters. The highest BCUT2D eigenvalue weighted by molar-refractivity contribution is 6.35. The Kier molecular flexibility index (Phi) is 6.39. The quantitative estimate of drug-likeness (QED) is 0.358. The first-order valence-electron chi connectivity index (χ1n) is 9.47. The predicted octanol–water partition coefficient (Wildman–Crippen LogP) is 5.46. The van der Waals surface area contributed by atoms with E-state index in [1.807, 2.05) is 24.3 Å². The number of ether oxygens (including phenoxy) is 3. The third-order valence-electron chi connectivity index (χ3n) is 4.58. The van der Waals surface area contributed by atoms with Gasteiger partial charge >= 0.3 is 5.97 Å². The number of fused-ring (bicyclic) bond motifs is 3. The molecule has 1 amide bonds. The summed E-state index contributed by atoms with van der Waals surface area (Å²) in [6, 6.07) is 15.6. The summed E-state index contributed by atoms with van der Waals surface area (Å²) in [5.74, 6) is -0.548. The zero-order valence-corrected chi connectivity index (χ0v) is 18.3. The zero-order valence-electron chi connectivity index (χ0n) is 16.8. The molecular formula is C23H17Cl2NO6. The number of carbonyl (C=O) groups excluding carboxylic acids is 2. The summed E-state index contributed by atoms with van der Waals surface area (Å²) in [6.07, 6.45) is 0. The van der Waals surface area contributed by atoms with Crippen molar-refractivity contribution in [1.82, 2.24) is 0 Å². The van der Waals surface area contributed by atoms with Gasteiger partial charge in [0.2, 0.25) is 0 Å². The van der Waals surface area contributed by atoms with Gasteiger partial charge in [-0.25, -0.2) is 4.79 Å². The van der Waals surface area contributed by atoms with E-state index in [-0.39, 0.29) is 10.8 Å². The number of rotatable bonds is 7. The van der Waals surface area contributed by atoms with Crippen LogP contribution in [0.2, 0.25) is 10.0 Å². The second-order valence-corrected chi connectivity index (χ2v) is 7.56. The Morgan fingerprint density at radius 1 is 0.938 bits per heavy atom. The summed E-state index contributed by atoms with van der Waals surface area (Å²) in [7, 11) is 1.50. The lowest BCUT2D eigenvalue weighted by atomic mass is 10.1. The lowest BCUT2D eigenvalue weighted by Crippen LogP contribution is -2.23. The van der Waals surface area contributed by atoms with Crippen LogP contribution in [0.4, 0.5) is 5.69 Å². The number of methoxy groups -OCH3 is 1. The van der Waals surface area contributed by atoms with Crippen molar-refractivity contribution in [2.75, 3.05) is 25.6 Å². The second-order valence-electron chi connectivity index (χ2n) is 6.72. The number of hydrogen-bond acceptors (Lipinski definition) is 6. The fraction of sp³-hybridized carbons (Fsp3) is 0.130. The Hall–Kier alpha value is -3.42. The number of amides is 1. The smallest absolute Gasteiger partial charge is 0.344 e. The van der Waals surface area contributed by atoms with Crippen LogP contribution in [0.5, 0.6) is 11.5 Å². The van der Waals surface area contributed by atoms with Gasteiger partial charge in [-0.15, -0.1) is 0 Å². The molecule has 0 aliphatic heterocycles. The van der Waals surface area contributed by atoms with Crippen LogP contribution in [0, 0.1) is 0 Å². The molecule has 0 spiro atoms. The van der Waals surface area contributed by atoms with Gasteiger partial charge in [0.15, 0.2) is 13.2 Å². The van der Waals surface area contributed by atoms with Crippen LogP contribution in [0.15, 0.2) is 59.0 Å². The average molecular weight is 474 g/mol. The Morgan fingerprint density at radius 3 is 2.53 bits per heavy atom. The fourth-order valence-corrected chi connectivity index (χ4v) is 3.58. The number of hydrogen-bond donors (Lipinski definition) is 1. The first-order valence-corrected chi connectivity index (χ1v) is 10.2. The topological polar surface area (TPSA) is 87.0 Å². The Labute approximate surface area is 192 Å². The van der Waals surface area contributed by atoms with Crippen LogP contribution in [0.1, 0.15) is 0 Å². The normalized spacial score (nSPS) is 10.8. The Morgan fingerprint density at radius 2 is 1.75 bits per heavy atom. The SMILES string of the molecule is COc1cc2c(cc1NC(=O)COC(=O)COc1ccc(Cl)cc1Cl)oc1ccccc12. The third-order valence-corrected chi connectivity index (χ3v) is 5.11. The van der Waals surface area contributed by atoms with E-state index in [0.29, 0.717) is 22.0 Å². The number of para-hydroxylation sites is 1. The minimum atomic E-state index is -0.731. The van der Waals surface area contributed by atoms with Crippen molar-refractivity contribution >= 4 is 62.7 Å². The molecule has 0 unspecified atom stereocenters. The monoisotopic (exact) mass is 473 g/mol. The first kappa shape index (κ1) is 21.8. The summed E-state index contributed by atoms with van der Waals surface area (Å²) < 4.78 is 21.5. The standard InChI is InChI=1S/C23H17Cl2NO6/c1-29-21-9-15-14-4-2-3-5-18(14)32-20(15)10-17(21)26-22(27)11-31-23(28)12-30-19-7-6-13(24)8-16(19)25/h2-10H,11-12H2,1H3,(H,26,27). The highest BCUT2D eigenvalue weighted by atomic mass is 35.5. The number of furan rings is 1. The van der Waals surface area contributed by atoms with Gasteiger partial charge in [-0.3, -0.25) is 4.79 Å². The Bertz CT molecular complexity index is 1320. The van der Waals surface area contributed by atoms with Gasteiger partial charge in [-0.1, -0.05) is 41.4 Å². The minimum absolute atomic E-state index is 0.260. The minimum Gasteiger partial charge on any atom is -0.495 e. The second kappa shape index (κ2) is 9.38. The van der Waals surface area contributed by atoms with Crippen molar-refractivity contribution in [3.05, 3.63) is 64.6 Å². The molecule has 32 heavy (non-hydrogen) atoms. The molecule has 9 heteroatoms. The molecule has 4 rings (SSSR count). The molecule has 7 nitrogen and oxygen atoms in total. The maximum absolute atomic E-state index is 12.3. The summed E-state index contributed by atoms with van der Waals surface area (Å²) >= 11 is 11.8. The summed E-state index contributed by atoms with van der Waals surface area (Å²) in [6.45, 7) is -0.916. The number of carbonyl (C=O) groups is 2.